The van der Waals surface area contributed by atoms with Crippen molar-refractivity contribution in [2.75, 3.05) is 25.0 Å². The SMILES string of the molecule is CCc1ccc(/C=C/CN2CCNC3(CCCC3)C2=O)cc1CC(=O)Nc1ccccn1. The summed E-state index contributed by atoms with van der Waals surface area (Å²) in [7, 11) is 0. The third kappa shape index (κ3) is 5.07. The van der Waals surface area contributed by atoms with Crippen LogP contribution in [0.2, 0.25) is 0 Å². The summed E-state index contributed by atoms with van der Waals surface area (Å²) in [6.45, 7) is 4.33. The molecule has 1 aliphatic heterocycles. The summed E-state index contributed by atoms with van der Waals surface area (Å²) in [5, 5.41) is 6.34. The zero-order valence-electron chi connectivity index (χ0n) is 18.8. The van der Waals surface area contributed by atoms with E-state index >= 15 is 0 Å². The summed E-state index contributed by atoms with van der Waals surface area (Å²) < 4.78 is 0. The maximum atomic E-state index is 13.0. The number of piperazine rings is 1. The minimum atomic E-state index is -0.316. The molecule has 6 heteroatoms. The van der Waals surface area contributed by atoms with Crippen molar-refractivity contribution in [3.63, 3.8) is 0 Å². The van der Waals surface area contributed by atoms with Crippen molar-refractivity contribution in [1.82, 2.24) is 15.2 Å². The van der Waals surface area contributed by atoms with Crippen LogP contribution in [0.5, 0.6) is 0 Å². The number of anilines is 1. The van der Waals surface area contributed by atoms with Crippen LogP contribution < -0.4 is 10.6 Å². The Kier molecular flexibility index (Phi) is 7.00. The van der Waals surface area contributed by atoms with Gasteiger partial charge in [-0.3, -0.25) is 9.59 Å². The Morgan fingerprint density at radius 2 is 2.06 bits per heavy atom. The molecule has 32 heavy (non-hydrogen) atoms. The molecule has 2 aromatic rings. The number of aromatic nitrogens is 1. The van der Waals surface area contributed by atoms with Crippen molar-refractivity contribution >= 4 is 23.7 Å². The fourth-order valence-electron chi connectivity index (χ4n) is 4.83. The number of carbonyl (C=O) groups is 2. The maximum Gasteiger partial charge on any atom is 0.243 e. The molecule has 0 radical (unpaired) electrons. The van der Waals surface area contributed by atoms with Crippen molar-refractivity contribution in [3.05, 3.63) is 65.4 Å². The van der Waals surface area contributed by atoms with Crippen molar-refractivity contribution < 1.29 is 9.59 Å². The summed E-state index contributed by atoms with van der Waals surface area (Å²) in [5.74, 6) is 0.735. The van der Waals surface area contributed by atoms with Crippen molar-refractivity contribution in [2.45, 2.75) is 51.0 Å². The van der Waals surface area contributed by atoms with Gasteiger partial charge >= 0.3 is 0 Å². The molecule has 168 valence electrons. The van der Waals surface area contributed by atoms with Gasteiger partial charge in [-0.05, 0) is 48.1 Å². The summed E-state index contributed by atoms with van der Waals surface area (Å²) in [5.41, 5.74) is 2.91. The largest absolute Gasteiger partial charge is 0.336 e. The topological polar surface area (TPSA) is 74.3 Å². The Bertz CT molecular complexity index is 981. The van der Waals surface area contributed by atoms with Crippen LogP contribution in [0.4, 0.5) is 5.82 Å². The smallest absolute Gasteiger partial charge is 0.243 e. The molecule has 1 spiro atoms. The molecular weight excluding hydrogens is 400 g/mol. The highest BCUT2D eigenvalue weighted by molar-refractivity contribution is 5.91. The van der Waals surface area contributed by atoms with Crippen LogP contribution in [0, 0.1) is 0 Å². The molecule has 1 aliphatic carbocycles. The number of carbonyl (C=O) groups excluding carboxylic acids is 2. The highest BCUT2D eigenvalue weighted by Crippen LogP contribution is 2.33. The maximum absolute atomic E-state index is 13.0. The number of hydrogen-bond donors (Lipinski definition) is 2. The van der Waals surface area contributed by atoms with Crippen LogP contribution >= 0.6 is 0 Å². The predicted octanol–water partition coefficient (Wildman–Crippen LogP) is 3.58. The van der Waals surface area contributed by atoms with E-state index in [-0.39, 0.29) is 17.4 Å². The molecule has 0 bridgehead atoms. The molecule has 0 unspecified atom stereocenters. The molecule has 0 atom stereocenters. The van der Waals surface area contributed by atoms with Gasteiger partial charge in [-0.2, -0.15) is 0 Å². The molecular formula is C26H32N4O2. The predicted molar refractivity (Wildman–Crippen MR) is 127 cm³/mol. The lowest BCUT2D eigenvalue weighted by Gasteiger charge is -2.40. The van der Waals surface area contributed by atoms with E-state index in [0.717, 1.165) is 56.3 Å². The molecule has 1 saturated carbocycles. The molecule has 6 nitrogen and oxygen atoms in total. The van der Waals surface area contributed by atoms with E-state index in [9.17, 15) is 9.59 Å². The molecule has 1 saturated heterocycles. The van der Waals surface area contributed by atoms with Gasteiger partial charge in [0.05, 0.1) is 12.0 Å². The number of amides is 2. The number of pyridine rings is 1. The van der Waals surface area contributed by atoms with Crippen LogP contribution in [0.25, 0.3) is 6.08 Å². The molecule has 1 aromatic heterocycles. The van der Waals surface area contributed by atoms with Crippen LogP contribution in [-0.4, -0.2) is 46.9 Å². The lowest BCUT2D eigenvalue weighted by atomic mass is 9.93. The number of aryl methyl sites for hydroxylation is 1. The van der Waals surface area contributed by atoms with Crippen molar-refractivity contribution in [2.24, 2.45) is 0 Å². The standard InChI is InChI=1S/C26H32N4O2/c1-2-21-11-10-20(18-22(21)19-24(31)29-23-9-3-6-14-27-23)8-7-16-30-17-15-28-26(25(30)32)12-4-5-13-26/h3,6-11,14,18,28H,2,4-5,12-13,15-17,19H2,1H3,(H,27,29,31)/b8-7+. The molecule has 1 aromatic carbocycles. The Labute approximate surface area is 190 Å². The third-order valence-corrected chi connectivity index (χ3v) is 6.53. The van der Waals surface area contributed by atoms with Gasteiger partial charge < -0.3 is 15.5 Å². The summed E-state index contributed by atoms with van der Waals surface area (Å²) in [6, 6.07) is 11.7. The molecule has 4 rings (SSSR count). The zero-order valence-corrected chi connectivity index (χ0v) is 18.8. The minimum absolute atomic E-state index is 0.0761. The molecule has 2 N–H and O–H groups in total. The van der Waals surface area contributed by atoms with E-state index < -0.39 is 0 Å². The number of hydrogen-bond acceptors (Lipinski definition) is 4. The van der Waals surface area contributed by atoms with Gasteiger partial charge in [-0.1, -0.05) is 56.2 Å². The number of nitrogens with one attached hydrogen (secondary N) is 2. The number of rotatable bonds is 7. The summed E-state index contributed by atoms with van der Waals surface area (Å²) >= 11 is 0. The molecule has 2 fully saturated rings. The Morgan fingerprint density at radius 3 is 2.81 bits per heavy atom. The first-order chi connectivity index (χ1) is 15.6. The number of nitrogens with zero attached hydrogens (tertiary/aromatic N) is 2. The van der Waals surface area contributed by atoms with E-state index in [4.69, 9.17) is 0 Å². The second-order valence-corrected chi connectivity index (χ2v) is 8.69. The van der Waals surface area contributed by atoms with Crippen LogP contribution in [0.1, 0.15) is 49.3 Å². The Balaban J connectivity index is 1.40. The first-order valence-electron chi connectivity index (χ1n) is 11.6. The lowest BCUT2D eigenvalue weighted by Crippen LogP contribution is -2.63. The van der Waals surface area contributed by atoms with E-state index in [2.05, 4.69) is 52.9 Å². The monoisotopic (exact) mass is 432 g/mol. The van der Waals surface area contributed by atoms with Crippen LogP contribution in [-0.2, 0) is 22.4 Å². The van der Waals surface area contributed by atoms with E-state index in [1.54, 1.807) is 12.3 Å². The molecule has 2 heterocycles. The first kappa shape index (κ1) is 22.2. The van der Waals surface area contributed by atoms with Gasteiger partial charge in [0.1, 0.15) is 5.82 Å². The lowest BCUT2D eigenvalue weighted by molar-refractivity contribution is -0.140. The fraction of sp³-hybridized carbons (Fsp3) is 0.423. The van der Waals surface area contributed by atoms with Gasteiger partial charge in [0.25, 0.3) is 0 Å². The Hall–Kier alpha value is -2.99. The van der Waals surface area contributed by atoms with E-state index in [1.807, 2.05) is 17.0 Å². The quantitative estimate of drug-likeness (QED) is 0.701. The van der Waals surface area contributed by atoms with E-state index in [1.165, 1.54) is 5.56 Å². The highest BCUT2D eigenvalue weighted by Gasteiger charge is 2.45. The molecule has 2 aliphatic rings. The van der Waals surface area contributed by atoms with Gasteiger partial charge in [-0.15, -0.1) is 0 Å². The van der Waals surface area contributed by atoms with Crippen molar-refractivity contribution in [1.29, 1.82) is 0 Å². The number of benzene rings is 1. The minimum Gasteiger partial charge on any atom is -0.336 e. The van der Waals surface area contributed by atoms with Gasteiger partial charge in [0, 0.05) is 25.8 Å². The van der Waals surface area contributed by atoms with Crippen LogP contribution in [0.15, 0.2) is 48.7 Å². The third-order valence-electron chi connectivity index (χ3n) is 6.53. The zero-order chi connectivity index (χ0) is 22.4. The van der Waals surface area contributed by atoms with E-state index in [0.29, 0.717) is 18.8 Å². The first-order valence-corrected chi connectivity index (χ1v) is 11.6. The summed E-state index contributed by atoms with van der Waals surface area (Å²) in [6.07, 6.45) is 11.1. The average Bonchev–Trinajstić information content (AvgIpc) is 3.27. The molecule has 2 amide bonds. The Morgan fingerprint density at radius 1 is 1.22 bits per heavy atom. The second kappa shape index (κ2) is 10.1. The highest BCUT2D eigenvalue weighted by atomic mass is 16.2. The summed E-state index contributed by atoms with van der Waals surface area (Å²) in [4.78, 5) is 31.6. The second-order valence-electron chi connectivity index (χ2n) is 8.69. The fourth-order valence-corrected chi connectivity index (χ4v) is 4.83. The van der Waals surface area contributed by atoms with Crippen molar-refractivity contribution in [3.8, 4) is 0 Å². The van der Waals surface area contributed by atoms with Gasteiger partial charge in [0.15, 0.2) is 0 Å². The average molecular weight is 433 g/mol. The van der Waals surface area contributed by atoms with Crippen LogP contribution in [0.3, 0.4) is 0 Å². The van der Waals surface area contributed by atoms with Gasteiger partial charge in [0.2, 0.25) is 11.8 Å². The van der Waals surface area contributed by atoms with Gasteiger partial charge in [-0.25, -0.2) is 4.98 Å². The normalized spacial score (nSPS) is 17.9.